The summed E-state index contributed by atoms with van der Waals surface area (Å²) in [6.07, 6.45) is 0. The number of hydrogen-bond acceptors (Lipinski definition) is 5. The Morgan fingerprint density at radius 2 is 2.14 bits per heavy atom. The summed E-state index contributed by atoms with van der Waals surface area (Å²) in [4.78, 5) is 10.7. The predicted molar refractivity (Wildman–Crippen MR) is 79.9 cm³/mol. The van der Waals surface area contributed by atoms with E-state index in [1.807, 2.05) is 18.4 Å². The number of nitrogens with zero attached hydrogens (tertiary/aromatic N) is 4. The van der Waals surface area contributed by atoms with Crippen molar-refractivity contribution >= 4 is 17.3 Å². The minimum atomic E-state index is -0.474. The van der Waals surface area contributed by atoms with Gasteiger partial charge in [0, 0.05) is 17.6 Å². The van der Waals surface area contributed by atoms with Crippen LogP contribution in [0.1, 0.15) is 19.7 Å². The molecule has 0 radical (unpaired) electrons. The van der Waals surface area contributed by atoms with E-state index in [1.165, 1.54) is 6.07 Å². The monoisotopic (exact) mass is 309 g/mol. The first kappa shape index (κ1) is 15.4. The molecule has 1 heterocycles. The van der Waals surface area contributed by atoms with Gasteiger partial charge in [0.05, 0.1) is 17.0 Å². The Hall–Kier alpha value is -1.99. The van der Waals surface area contributed by atoms with Crippen molar-refractivity contribution in [2.24, 2.45) is 11.7 Å². The highest BCUT2D eigenvalue weighted by Gasteiger charge is 2.22. The van der Waals surface area contributed by atoms with Gasteiger partial charge in [-0.15, -0.1) is 10.2 Å². The van der Waals surface area contributed by atoms with Crippen LogP contribution in [0.15, 0.2) is 18.2 Å². The molecule has 0 saturated heterocycles. The molecule has 0 aliphatic heterocycles. The van der Waals surface area contributed by atoms with Gasteiger partial charge in [-0.05, 0) is 18.1 Å². The zero-order chi connectivity index (χ0) is 15.6. The third-order valence-corrected chi connectivity index (χ3v) is 3.19. The Labute approximate surface area is 126 Å². The first-order valence-electron chi connectivity index (χ1n) is 6.50. The van der Waals surface area contributed by atoms with Crippen LogP contribution in [0.25, 0.3) is 11.4 Å². The standard InChI is InChI=1S/C13H16ClN5O2/c1-8(2)7-18-12(6-15)16-17-13(18)10-4-3-9(14)5-11(10)19(20)21/h3-5,8H,6-7,15H2,1-2H3. The summed E-state index contributed by atoms with van der Waals surface area (Å²) in [7, 11) is 0. The fourth-order valence-corrected chi connectivity index (χ4v) is 2.25. The second-order valence-electron chi connectivity index (χ2n) is 5.07. The van der Waals surface area contributed by atoms with Crippen molar-refractivity contribution in [3.05, 3.63) is 39.2 Å². The minimum absolute atomic E-state index is 0.0940. The molecule has 0 saturated carbocycles. The molecule has 0 atom stereocenters. The molecule has 7 nitrogen and oxygen atoms in total. The summed E-state index contributed by atoms with van der Waals surface area (Å²) in [6.45, 7) is 4.94. The molecule has 1 aromatic heterocycles. The number of halogens is 1. The van der Waals surface area contributed by atoms with Crippen molar-refractivity contribution in [2.45, 2.75) is 26.9 Å². The number of rotatable bonds is 5. The summed E-state index contributed by atoms with van der Waals surface area (Å²) in [5.41, 5.74) is 5.95. The average Bonchev–Trinajstić information content (AvgIpc) is 2.80. The molecule has 0 unspecified atom stereocenters. The lowest BCUT2D eigenvalue weighted by Gasteiger charge is -2.12. The molecule has 0 spiro atoms. The van der Waals surface area contributed by atoms with E-state index in [2.05, 4.69) is 10.2 Å². The highest BCUT2D eigenvalue weighted by Crippen LogP contribution is 2.31. The van der Waals surface area contributed by atoms with Gasteiger partial charge in [-0.25, -0.2) is 0 Å². The summed E-state index contributed by atoms with van der Waals surface area (Å²) in [5, 5.41) is 19.6. The van der Waals surface area contributed by atoms with E-state index in [0.717, 1.165) is 0 Å². The molecule has 0 fully saturated rings. The Balaban J connectivity index is 2.62. The highest BCUT2D eigenvalue weighted by atomic mass is 35.5. The molecule has 0 aliphatic rings. The number of nitro groups is 1. The number of benzene rings is 1. The average molecular weight is 310 g/mol. The normalized spacial score (nSPS) is 11.1. The maximum absolute atomic E-state index is 11.2. The van der Waals surface area contributed by atoms with E-state index in [9.17, 15) is 10.1 Å². The van der Waals surface area contributed by atoms with Crippen molar-refractivity contribution in [1.29, 1.82) is 0 Å². The molecular formula is C13H16ClN5O2. The molecule has 2 aromatic rings. The van der Waals surface area contributed by atoms with Gasteiger partial charge in [-0.3, -0.25) is 10.1 Å². The van der Waals surface area contributed by atoms with E-state index in [0.29, 0.717) is 34.7 Å². The van der Waals surface area contributed by atoms with E-state index in [1.54, 1.807) is 12.1 Å². The van der Waals surface area contributed by atoms with Gasteiger partial charge in [0.2, 0.25) is 0 Å². The Kier molecular flexibility index (Phi) is 4.54. The van der Waals surface area contributed by atoms with Crippen molar-refractivity contribution in [3.8, 4) is 11.4 Å². The molecule has 21 heavy (non-hydrogen) atoms. The van der Waals surface area contributed by atoms with Crippen LogP contribution in [0, 0.1) is 16.0 Å². The predicted octanol–water partition coefficient (Wildman–Crippen LogP) is 2.62. The molecule has 1 aromatic carbocycles. The number of aromatic nitrogens is 3. The van der Waals surface area contributed by atoms with Gasteiger partial charge in [0.15, 0.2) is 5.82 Å². The fraction of sp³-hybridized carbons (Fsp3) is 0.385. The molecule has 0 bridgehead atoms. The second-order valence-corrected chi connectivity index (χ2v) is 5.50. The van der Waals surface area contributed by atoms with Crippen LogP contribution in [-0.2, 0) is 13.1 Å². The van der Waals surface area contributed by atoms with E-state index >= 15 is 0 Å². The number of hydrogen-bond donors (Lipinski definition) is 1. The maximum Gasteiger partial charge on any atom is 0.281 e. The Bertz CT molecular complexity index is 669. The quantitative estimate of drug-likeness (QED) is 0.676. The molecule has 2 rings (SSSR count). The summed E-state index contributed by atoms with van der Waals surface area (Å²) >= 11 is 5.84. The molecule has 0 amide bonds. The van der Waals surface area contributed by atoms with Crippen LogP contribution in [0.5, 0.6) is 0 Å². The van der Waals surface area contributed by atoms with Crippen molar-refractivity contribution in [2.75, 3.05) is 0 Å². The zero-order valence-electron chi connectivity index (χ0n) is 11.8. The first-order chi connectivity index (χ1) is 9.93. The van der Waals surface area contributed by atoms with Gasteiger partial charge >= 0.3 is 0 Å². The minimum Gasteiger partial charge on any atom is -0.324 e. The zero-order valence-corrected chi connectivity index (χ0v) is 12.5. The van der Waals surface area contributed by atoms with Crippen molar-refractivity contribution in [1.82, 2.24) is 14.8 Å². The van der Waals surface area contributed by atoms with Crippen LogP contribution < -0.4 is 5.73 Å². The third kappa shape index (κ3) is 3.20. The second kappa shape index (κ2) is 6.19. The third-order valence-electron chi connectivity index (χ3n) is 2.96. The van der Waals surface area contributed by atoms with Crippen LogP contribution in [0.3, 0.4) is 0 Å². The fourth-order valence-electron chi connectivity index (χ4n) is 2.09. The van der Waals surface area contributed by atoms with Crippen LogP contribution in [0.2, 0.25) is 5.02 Å². The number of nitrogens with two attached hydrogens (primary N) is 1. The number of nitro benzene ring substituents is 1. The lowest BCUT2D eigenvalue weighted by atomic mass is 10.1. The van der Waals surface area contributed by atoms with Gasteiger partial charge in [0.25, 0.3) is 5.69 Å². The Morgan fingerprint density at radius 1 is 1.43 bits per heavy atom. The van der Waals surface area contributed by atoms with E-state index < -0.39 is 4.92 Å². The van der Waals surface area contributed by atoms with Gasteiger partial charge < -0.3 is 10.3 Å². The van der Waals surface area contributed by atoms with Crippen molar-refractivity contribution < 1.29 is 4.92 Å². The SMILES string of the molecule is CC(C)Cn1c(CN)nnc1-c1ccc(Cl)cc1[N+](=O)[O-]. The topological polar surface area (TPSA) is 99.9 Å². The summed E-state index contributed by atoms with van der Waals surface area (Å²) < 4.78 is 1.82. The van der Waals surface area contributed by atoms with Crippen LogP contribution >= 0.6 is 11.6 Å². The van der Waals surface area contributed by atoms with E-state index in [4.69, 9.17) is 17.3 Å². The van der Waals surface area contributed by atoms with Gasteiger partial charge in [0.1, 0.15) is 5.82 Å². The molecule has 8 heteroatoms. The van der Waals surface area contributed by atoms with E-state index in [-0.39, 0.29) is 12.2 Å². The van der Waals surface area contributed by atoms with Crippen LogP contribution in [-0.4, -0.2) is 19.7 Å². The lowest BCUT2D eigenvalue weighted by Crippen LogP contribution is -2.13. The molecular weight excluding hydrogens is 294 g/mol. The molecule has 112 valence electrons. The van der Waals surface area contributed by atoms with Gasteiger partial charge in [-0.2, -0.15) is 0 Å². The summed E-state index contributed by atoms with van der Waals surface area (Å²) in [6, 6.07) is 4.50. The molecule has 0 aliphatic carbocycles. The Morgan fingerprint density at radius 3 is 2.71 bits per heavy atom. The van der Waals surface area contributed by atoms with Crippen molar-refractivity contribution in [3.63, 3.8) is 0 Å². The largest absolute Gasteiger partial charge is 0.324 e. The van der Waals surface area contributed by atoms with Gasteiger partial charge in [-0.1, -0.05) is 25.4 Å². The lowest BCUT2D eigenvalue weighted by molar-refractivity contribution is -0.384. The molecule has 2 N–H and O–H groups in total. The smallest absolute Gasteiger partial charge is 0.281 e. The first-order valence-corrected chi connectivity index (χ1v) is 6.88. The summed E-state index contributed by atoms with van der Waals surface area (Å²) in [5.74, 6) is 1.37. The maximum atomic E-state index is 11.2. The highest BCUT2D eigenvalue weighted by molar-refractivity contribution is 6.30. The van der Waals surface area contributed by atoms with Crippen LogP contribution in [0.4, 0.5) is 5.69 Å².